The lowest BCUT2D eigenvalue weighted by atomic mass is 10.2. The summed E-state index contributed by atoms with van der Waals surface area (Å²) in [6.45, 7) is 7.14. The molecule has 2 aliphatic rings. The second-order valence-electron chi connectivity index (χ2n) is 7.45. The van der Waals surface area contributed by atoms with Gasteiger partial charge in [0.1, 0.15) is 11.6 Å². The minimum atomic E-state index is 0.00195. The van der Waals surface area contributed by atoms with Crippen LogP contribution in [0.25, 0.3) is 0 Å². The summed E-state index contributed by atoms with van der Waals surface area (Å²) in [5.41, 5.74) is 0.849. The zero-order chi connectivity index (χ0) is 21.6. The molecule has 1 saturated heterocycles. The average molecular weight is 444 g/mol. The fourth-order valence-corrected chi connectivity index (χ4v) is 4.60. The number of carbonyl (C=O) groups is 1. The molecule has 10 heteroatoms. The summed E-state index contributed by atoms with van der Waals surface area (Å²) in [6, 6.07) is 7.68. The minimum Gasteiger partial charge on any atom is -0.482 e. The number of ether oxygens (including phenoxy) is 1. The number of aryl methyl sites for hydroxylation is 1. The number of piperazine rings is 1. The van der Waals surface area contributed by atoms with E-state index in [1.54, 1.807) is 0 Å². The summed E-state index contributed by atoms with van der Waals surface area (Å²) in [5.74, 6) is 2.59. The van der Waals surface area contributed by atoms with Crippen LogP contribution in [0.1, 0.15) is 19.2 Å². The van der Waals surface area contributed by atoms with Gasteiger partial charge in [-0.05, 0) is 18.6 Å². The van der Waals surface area contributed by atoms with Gasteiger partial charge in [0.15, 0.2) is 12.6 Å². The molecule has 0 atom stereocenters. The third-order valence-corrected chi connectivity index (χ3v) is 6.30. The Morgan fingerprint density at radius 1 is 1.26 bits per heavy atom. The highest BCUT2D eigenvalue weighted by atomic mass is 32.1. The van der Waals surface area contributed by atoms with E-state index in [2.05, 4.69) is 36.4 Å². The van der Waals surface area contributed by atoms with Crippen LogP contribution >= 0.6 is 11.5 Å². The standard InChI is InChI=1S/C21H29N7O2S/c1-3-18-24-21(31-25-18)27-13-11-26(12-14-27)20(22-2)23-9-6-10-28-16-7-4-5-8-17(16)30-15-19(28)29/h4-5,7-8H,3,6,9-15H2,1-2H3,(H,22,23). The second-order valence-corrected chi connectivity index (χ2v) is 8.18. The Bertz CT molecular complexity index is 924. The first-order chi connectivity index (χ1) is 15.2. The predicted octanol–water partition coefficient (Wildman–Crippen LogP) is 1.61. The number of carbonyl (C=O) groups excluding carboxylic acids is 1. The van der Waals surface area contributed by atoms with Crippen molar-refractivity contribution in [2.45, 2.75) is 19.8 Å². The van der Waals surface area contributed by atoms with Crippen molar-refractivity contribution in [3.8, 4) is 5.75 Å². The van der Waals surface area contributed by atoms with Crippen LogP contribution in [-0.4, -0.2) is 79.0 Å². The van der Waals surface area contributed by atoms with E-state index in [1.807, 2.05) is 36.2 Å². The molecule has 1 aromatic carbocycles. The Kier molecular flexibility index (Phi) is 6.86. The normalized spacial score (nSPS) is 16.9. The first-order valence-corrected chi connectivity index (χ1v) is 11.5. The summed E-state index contributed by atoms with van der Waals surface area (Å²) >= 11 is 1.48. The number of hydrogen-bond donors (Lipinski definition) is 1. The van der Waals surface area contributed by atoms with E-state index in [4.69, 9.17) is 4.74 Å². The number of anilines is 2. The average Bonchev–Trinajstić information content (AvgIpc) is 3.30. The van der Waals surface area contributed by atoms with Crippen molar-refractivity contribution in [1.82, 2.24) is 19.6 Å². The molecule has 1 amide bonds. The van der Waals surface area contributed by atoms with E-state index >= 15 is 0 Å². The van der Waals surface area contributed by atoms with Gasteiger partial charge in [-0.3, -0.25) is 9.79 Å². The van der Waals surface area contributed by atoms with E-state index in [0.29, 0.717) is 6.54 Å². The van der Waals surface area contributed by atoms with E-state index in [-0.39, 0.29) is 12.5 Å². The van der Waals surface area contributed by atoms with Crippen LogP contribution in [0, 0.1) is 0 Å². The highest BCUT2D eigenvalue weighted by Gasteiger charge is 2.25. The number of guanidine groups is 1. The molecule has 0 bridgehead atoms. The Labute approximate surface area is 186 Å². The number of rotatable bonds is 6. The van der Waals surface area contributed by atoms with Gasteiger partial charge >= 0.3 is 0 Å². The smallest absolute Gasteiger partial charge is 0.265 e. The molecule has 2 aromatic rings. The van der Waals surface area contributed by atoms with Crippen molar-refractivity contribution in [2.75, 3.05) is 62.7 Å². The maximum Gasteiger partial charge on any atom is 0.265 e. The number of amides is 1. The molecule has 0 spiro atoms. The maximum absolute atomic E-state index is 12.3. The van der Waals surface area contributed by atoms with Crippen molar-refractivity contribution in [1.29, 1.82) is 0 Å². The first-order valence-electron chi connectivity index (χ1n) is 10.7. The molecule has 3 heterocycles. The van der Waals surface area contributed by atoms with Crippen molar-refractivity contribution < 1.29 is 9.53 Å². The van der Waals surface area contributed by atoms with Crippen LogP contribution in [0.2, 0.25) is 0 Å². The summed E-state index contributed by atoms with van der Waals surface area (Å²) in [7, 11) is 1.81. The van der Waals surface area contributed by atoms with Gasteiger partial charge in [-0.1, -0.05) is 19.1 Å². The van der Waals surface area contributed by atoms with Crippen molar-refractivity contribution in [2.24, 2.45) is 4.99 Å². The number of nitrogens with zero attached hydrogens (tertiary/aromatic N) is 6. The summed E-state index contributed by atoms with van der Waals surface area (Å²) < 4.78 is 9.90. The molecule has 4 rings (SSSR count). The van der Waals surface area contributed by atoms with E-state index in [0.717, 1.165) is 73.9 Å². The van der Waals surface area contributed by atoms with E-state index in [9.17, 15) is 4.79 Å². The van der Waals surface area contributed by atoms with Gasteiger partial charge in [-0.15, -0.1) is 0 Å². The van der Waals surface area contributed by atoms with Crippen LogP contribution < -0.4 is 19.9 Å². The fourth-order valence-electron chi connectivity index (χ4n) is 3.80. The number of nitrogens with one attached hydrogen (secondary N) is 1. The molecular formula is C21H29N7O2S. The summed E-state index contributed by atoms with van der Waals surface area (Å²) in [6.07, 6.45) is 1.69. The highest BCUT2D eigenvalue weighted by molar-refractivity contribution is 7.09. The molecule has 9 nitrogen and oxygen atoms in total. The highest BCUT2D eigenvalue weighted by Crippen LogP contribution is 2.31. The van der Waals surface area contributed by atoms with E-state index in [1.165, 1.54) is 11.5 Å². The molecule has 0 saturated carbocycles. The van der Waals surface area contributed by atoms with Gasteiger partial charge in [0, 0.05) is 64.3 Å². The van der Waals surface area contributed by atoms with Gasteiger partial charge < -0.3 is 24.8 Å². The molecular weight excluding hydrogens is 414 g/mol. The number of hydrogen-bond acceptors (Lipinski definition) is 7. The van der Waals surface area contributed by atoms with Crippen LogP contribution in [0.3, 0.4) is 0 Å². The molecule has 166 valence electrons. The van der Waals surface area contributed by atoms with Crippen LogP contribution in [0.15, 0.2) is 29.3 Å². The number of para-hydroxylation sites is 2. The zero-order valence-corrected chi connectivity index (χ0v) is 18.9. The molecule has 2 aliphatic heterocycles. The van der Waals surface area contributed by atoms with Crippen LogP contribution in [-0.2, 0) is 11.2 Å². The Morgan fingerprint density at radius 3 is 2.81 bits per heavy atom. The topological polar surface area (TPSA) is 86.2 Å². The van der Waals surface area contributed by atoms with Crippen LogP contribution in [0.4, 0.5) is 10.8 Å². The molecule has 0 radical (unpaired) electrons. The lowest BCUT2D eigenvalue weighted by Gasteiger charge is -2.36. The first kappa shape index (κ1) is 21.4. The monoisotopic (exact) mass is 443 g/mol. The van der Waals surface area contributed by atoms with Gasteiger partial charge in [0.05, 0.1) is 5.69 Å². The Morgan fingerprint density at radius 2 is 2.06 bits per heavy atom. The van der Waals surface area contributed by atoms with Crippen molar-refractivity contribution in [3.05, 3.63) is 30.1 Å². The van der Waals surface area contributed by atoms with Gasteiger partial charge in [0.25, 0.3) is 5.91 Å². The fraction of sp³-hybridized carbons (Fsp3) is 0.524. The lowest BCUT2D eigenvalue weighted by molar-refractivity contribution is -0.121. The predicted molar refractivity (Wildman–Crippen MR) is 123 cm³/mol. The summed E-state index contributed by atoms with van der Waals surface area (Å²) in [4.78, 5) is 27.7. The Balaban J connectivity index is 1.24. The van der Waals surface area contributed by atoms with Gasteiger partial charge in [-0.2, -0.15) is 4.37 Å². The largest absolute Gasteiger partial charge is 0.482 e. The summed E-state index contributed by atoms with van der Waals surface area (Å²) in [5, 5.41) is 4.46. The van der Waals surface area contributed by atoms with Crippen molar-refractivity contribution >= 4 is 34.2 Å². The van der Waals surface area contributed by atoms with Gasteiger partial charge in [0.2, 0.25) is 5.13 Å². The van der Waals surface area contributed by atoms with Gasteiger partial charge in [-0.25, -0.2) is 4.98 Å². The third kappa shape index (κ3) is 4.90. The van der Waals surface area contributed by atoms with Crippen LogP contribution in [0.5, 0.6) is 5.75 Å². The number of benzene rings is 1. The molecule has 31 heavy (non-hydrogen) atoms. The maximum atomic E-state index is 12.3. The molecule has 1 N–H and O–H groups in total. The molecule has 0 unspecified atom stereocenters. The van der Waals surface area contributed by atoms with E-state index < -0.39 is 0 Å². The third-order valence-electron chi connectivity index (χ3n) is 5.48. The lowest BCUT2D eigenvalue weighted by Crippen LogP contribution is -2.52. The number of aromatic nitrogens is 2. The molecule has 1 aromatic heterocycles. The second kappa shape index (κ2) is 9.95. The number of fused-ring (bicyclic) bond motifs is 1. The molecule has 1 fully saturated rings. The molecule has 0 aliphatic carbocycles. The number of aliphatic imine (C=N–C) groups is 1. The van der Waals surface area contributed by atoms with Crippen molar-refractivity contribution in [3.63, 3.8) is 0 Å². The SMILES string of the molecule is CCc1nsc(N2CCN(C(=NC)NCCCN3C(=O)COc4ccccc43)CC2)n1. The quantitative estimate of drug-likeness (QED) is 0.412. The minimum absolute atomic E-state index is 0.00195. The zero-order valence-electron chi connectivity index (χ0n) is 18.1. The Hall–Kier alpha value is -2.88.